The predicted molar refractivity (Wildman–Crippen MR) is 118 cm³/mol. The quantitative estimate of drug-likeness (QED) is 0.552. The first-order valence-corrected chi connectivity index (χ1v) is 12.6. The molecule has 1 fully saturated rings. The third-order valence-electron chi connectivity index (χ3n) is 5.85. The molecule has 0 saturated carbocycles. The minimum atomic E-state index is -2.03. The van der Waals surface area contributed by atoms with Crippen LogP contribution in [0.1, 0.15) is 33.3 Å². The molecule has 1 aliphatic heterocycles. The Morgan fingerprint density at radius 2 is 1.33 bits per heavy atom. The lowest BCUT2D eigenvalue weighted by Crippen LogP contribution is -2.49. The average Bonchev–Trinajstić information content (AvgIpc) is 2.84. The van der Waals surface area contributed by atoms with Crippen LogP contribution in [0.15, 0.2) is 71.5 Å². The lowest BCUT2D eigenvalue weighted by Gasteiger charge is -2.32. The van der Waals surface area contributed by atoms with Gasteiger partial charge in [0.2, 0.25) is 0 Å². The van der Waals surface area contributed by atoms with E-state index in [0.29, 0.717) is 0 Å². The highest BCUT2D eigenvalue weighted by Gasteiger charge is 2.55. The average molecular weight is 376 g/mol. The van der Waals surface area contributed by atoms with Gasteiger partial charge in [0.1, 0.15) is 8.07 Å². The van der Waals surface area contributed by atoms with Crippen LogP contribution in [0.5, 0.6) is 0 Å². The van der Waals surface area contributed by atoms with Gasteiger partial charge in [0.25, 0.3) is 0 Å². The van der Waals surface area contributed by atoms with Gasteiger partial charge in [-0.25, -0.2) is 0 Å². The zero-order chi connectivity index (χ0) is 19.7. The largest absolute Gasteiger partial charge is 0.494 e. The molecule has 0 amide bonds. The summed E-state index contributed by atoms with van der Waals surface area (Å²) in [6, 6.07) is 21.0. The molecule has 0 aliphatic carbocycles. The maximum atomic E-state index is 6.42. The summed E-state index contributed by atoms with van der Waals surface area (Å²) >= 11 is 0. The van der Waals surface area contributed by atoms with Crippen LogP contribution in [0.2, 0.25) is 13.1 Å². The van der Waals surface area contributed by atoms with Gasteiger partial charge in [-0.05, 0) is 44.4 Å². The van der Waals surface area contributed by atoms with Crippen LogP contribution in [0.25, 0.3) is 6.08 Å². The van der Waals surface area contributed by atoms with Gasteiger partial charge in [-0.15, -0.1) is 5.73 Å². The highest BCUT2D eigenvalue weighted by Crippen LogP contribution is 2.40. The van der Waals surface area contributed by atoms with Gasteiger partial charge in [0.05, 0.1) is 11.2 Å². The molecule has 1 aliphatic rings. The fourth-order valence-electron chi connectivity index (χ4n) is 3.22. The Kier molecular flexibility index (Phi) is 5.38. The lowest BCUT2D eigenvalue weighted by atomic mass is 9.89. The summed E-state index contributed by atoms with van der Waals surface area (Å²) in [5.41, 5.74) is 4.00. The van der Waals surface area contributed by atoms with Gasteiger partial charge in [-0.2, -0.15) is 0 Å². The molecule has 0 N–H and O–H groups in total. The highest BCUT2D eigenvalue weighted by atomic mass is 28.3. The van der Waals surface area contributed by atoms with Crippen LogP contribution >= 0.6 is 0 Å². The van der Waals surface area contributed by atoms with Gasteiger partial charge >= 0.3 is 7.12 Å². The fourth-order valence-corrected chi connectivity index (χ4v) is 5.70. The van der Waals surface area contributed by atoms with E-state index < -0.39 is 8.07 Å². The molecule has 0 bridgehead atoms. The van der Waals surface area contributed by atoms with E-state index in [-0.39, 0.29) is 18.3 Å². The molecule has 0 unspecified atom stereocenters. The molecule has 4 heteroatoms. The smallest absolute Gasteiger partial charge is 0.399 e. The highest BCUT2D eigenvalue weighted by molar-refractivity contribution is 7.04. The number of benzene rings is 2. The molecule has 140 valence electrons. The summed E-state index contributed by atoms with van der Waals surface area (Å²) in [4.78, 5) is 0. The lowest BCUT2D eigenvalue weighted by molar-refractivity contribution is 0.00578. The van der Waals surface area contributed by atoms with E-state index in [1.165, 1.54) is 5.19 Å². The van der Waals surface area contributed by atoms with Gasteiger partial charge in [0.15, 0.2) is 0 Å². The standard InChI is InChI=1S/C23H29BO2Si/c1-22(2)23(3,4)26-24(25-22)21(18-17-19-13-9-7-10-14-19)27(5,6)20-15-11-8-12-16-20/h7-17H,1-6H3. The van der Waals surface area contributed by atoms with E-state index in [4.69, 9.17) is 9.31 Å². The first-order valence-electron chi connectivity index (χ1n) is 9.57. The second-order valence-electron chi connectivity index (χ2n) is 8.69. The molecule has 2 aromatic rings. The Labute approximate surface area is 165 Å². The second kappa shape index (κ2) is 7.29. The fraction of sp³-hybridized carbons (Fsp3) is 0.348. The Morgan fingerprint density at radius 3 is 1.85 bits per heavy atom. The zero-order valence-corrected chi connectivity index (χ0v) is 18.2. The van der Waals surface area contributed by atoms with Crippen molar-refractivity contribution in [3.05, 3.63) is 77.1 Å². The van der Waals surface area contributed by atoms with Crippen molar-refractivity contribution in [1.82, 2.24) is 0 Å². The summed E-state index contributed by atoms with van der Waals surface area (Å²) in [6.45, 7) is 13.1. The second-order valence-corrected chi connectivity index (χ2v) is 13.1. The van der Waals surface area contributed by atoms with Crippen molar-refractivity contribution in [3.8, 4) is 0 Å². The molecule has 0 aromatic heterocycles. The summed E-state index contributed by atoms with van der Waals surface area (Å²) in [7, 11) is -2.41. The van der Waals surface area contributed by atoms with Gasteiger partial charge in [-0.3, -0.25) is 0 Å². The van der Waals surface area contributed by atoms with Crippen LogP contribution in [0, 0.1) is 0 Å². The Morgan fingerprint density at radius 1 is 0.852 bits per heavy atom. The molecular weight excluding hydrogens is 347 g/mol. The summed E-state index contributed by atoms with van der Waals surface area (Å²) in [6.07, 6.45) is 2.05. The molecule has 0 radical (unpaired) electrons. The van der Waals surface area contributed by atoms with Crippen LogP contribution < -0.4 is 5.19 Å². The van der Waals surface area contributed by atoms with Crippen LogP contribution in [-0.4, -0.2) is 26.4 Å². The maximum absolute atomic E-state index is 6.42. The molecule has 2 aromatic carbocycles. The summed E-state index contributed by atoms with van der Waals surface area (Å²) < 4.78 is 12.8. The zero-order valence-electron chi connectivity index (χ0n) is 17.2. The van der Waals surface area contributed by atoms with Crippen molar-refractivity contribution < 1.29 is 9.31 Å². The van der Waals surface area contributed by atoms with Crippen molar-refractivity contribution in [1.29, 1.82) is 0 Å². The Bertz CT molecular complexity index is 834. The molecule has 27 heavy (non-hydrogen) atoms. The Balaban J connectivity index is 2.10. The van der Waals surface area contributed by atoms with Crippen molar-refractivity contribution >= 4 is 26.5 Å². The molecule has 2 nitrogen and oxygen atoms in total. The van der Waals surface area contributed by atoms with Gasteiger partial charge in [-0.1, -0.05) is 78.9 Å². The van der Waals surface area contributed by atoms with Gasteiger partial charge < -0.3 is 9.31 Å². The molecule has 1 saturated heterocycles. The Hall–Kier alpha value is -1.84. The van der Waals surface area contributed by atoms with Crippen molar-refractivity contribution in [2.75, 3.05) is 0 Å². The normalized spacial score (nSPS) is 18.1. The van der Waals surface area contributed by atoms with E-state index in [1.54, 1.807) is 0 Å². The third kappa shape index (κ3) is 4.05. The van der Waals surface area contributed by atoms with Crippen LogP contribution in [0.3, 0.4) is 0 Å². The molecule has 0 spiro atoms. The molecule has 3 rings (SSSR count). The predicted octanol–water partition coefficient (Wildman–Crippen LogP) is 5.01. The molecule has 1 heterocycles. The van der Waals surface area contributed by atoms with Crippen molar-refractivity contribution in [2.45, 2.75) is 52.0 Å². The number of hydrogen-bond donors (Lipinski definition) is 0. The first kappa shape index (κ1) is 19.9. The van der Waals surface area contributed by atoms with E-state index in [2.05, 4.69) is 95.1 Å². The monoisotopic (exact) mass is 376 g/mol. The van der Waals surface area contributed by atoms with Crippen LogP contribution in [0.4, 0.5) is 0 Å². The summed E-state index contributed by atoms with van der Waals surface area (Å²) in [5, 5.41) is 2.49. The van der Waals surface area contributed by atoms with E-state index in [9.17, 15) is 0 Å². The van der Waals surface area contributed by atoms with E-state index >= 15 is 0 Å². The minimum Gasteiger partial charge on any atom is -0.399 e. The maximum Gasteiger partial charge on any atom is 0.494 e. The number of hydrogen-bond acceptors (Lipinski definition) is 2. The topological polar surface area (TPSA) is 18.5 Å². The van der Waals surface area contributed by atoms with Crippen LogP contribution in [-0.2, 0) is 9.31 Å². The SMILES string of the molecule is CC1(C)OB(C(=C=Cc2ccccc2)[Si](C)(C)c2ccccc2)OC1(C)C. The molecular formula is C23H29BO2Si. The minimum absolute atomic E-state index is 0.363. The van der Waals surface area contributed by atoms with E-state index in [0.717, 1.165) is 10.7 Å². The third-order valence-corrected chi connectivity index (χ3v) is 9.36. The van der Waals surface area contributed by atoms with E-state index in [1.807, 2.05) is 18.2 Å². The van der Waals surface area contributed by atoms with Crippen molar-refractivity contribution in [2.24, 2.45) is 0 Å². The summed E-state index contributed by atoms with van der Waals surface area (Å²) in [5.74, 6) is 0. The molecule has 0 atom stereocenters. The van der Waals surface area contributed by atoms with Gasteiger partial charge in [0, 0.05) is 0 Å². The first-order chi connectivity index (χ1) is 12.6. The number of rotatable bonds is 4. The van der Waals surface area contributed by atoms with Crippen molar-refractivity contribution in [3.63, 3.8) is 0 Å².